The first kappa shape index (κ1) is 38.0. The Kier molecular flexibility index (Phi) is 17.7. The number of esters is 1. The summed E-state index contributed by atoms with van der Waals surface area (Å²) in [5, 5.41) is 70.7. The van der Waals surface area contributed by atoms with Crippen LogP contribution in [0.1, 0.15) is 97.3 Å². The van der Waals surface area contributed by atoms with Crippen LogP contribution in [0.5, 0.6) is 0 Å². The maximum atomic E-state index is 12.8. The van der Waals surface area contributed by atoms with E-state index in [1.54, 1.807) is 6.92 Å². The maximum Gasteiger partial charge on any atom is 0.308 e. The molecule has 0 spiro atoms. The molecule has 2 fully saturated rings. The van der Waals surface area contributed by atoms with Gasteiger partial charge in [0, 0.05) is 0 Å². The first-order chi connectivity index (χ1) is 20.6. The van der Waals surface area contributed by atoms with E-state index in [2.05, 4.69) is 19.1 Å². The van der Waals surface area contributed by atoms with Crippen molar-refractivity contribution in [3.63, 3.8) is 0 Å². The van der Waals surface area contributed by atoms with Crippen molar-refractivity contribution in [3.05, 3.63) is 12.2 Å². The van der Waals surface area contributed by atoms with Gasteiger partial charge in [-0.15, -0.1) is 0 Å². The third kappa shape index (κ3) is 11.6. The van der Waals surface area contributed by atoms with Crippen molar-refractivity contribution in [2.24, 2.45) is 5.92 Å². The number of aliphatic hydroxyl groups is 7. The zero-order valence-electron chi connectivity index (χ0n) is 25.8. The van der Waals surface area contributed by atoms with E-state index in [0.717, 1.165) is 38.5 Å². The molecule has 43 heavy (non-hydrogen) atoms. The molecule has 0 aromatic rings. The highest BCUT2D eigenvalue weighted by Crippen LogP contribution is 2.37. The molecule has 0 saturated carbocycles. The van der Waals surface area contributed by atoms with Gasteiger partial charge >= 0.3 is 5.97 Å². The summed E-state index contributed by atoms with van der Waals surface area (Å²) in [6.45, 7) is 1.81. The van der Waals surface area contributed by atoms with E-state index in [9.17, 15) is 40.5 Å². The molecule has 252 valence electrons. The lowest BCUT2D eigenvalue weighted by molar-refractivity contribution is -0.383. The van der Waals surface area contributed by atoms with Crippen LogP contribution in [0.3, 0.4) is 0 Å². The minimum Gasteiger partial charge on any atom is -0.460 e. The summed E-state index contributed by atoms with van der Waals surface area (Å²) in [5.74, 6) is -3.33. The van der Waals surface area contributed by atoms with E-state index in [-0.39, 0.29) is 0 Å². The van der Waals surface area contributed by atoms with Gasteiger partial charge in [-0.1, -0.05) is 77.4 Å². The van der Waals surface area contributed by atoms with Crippen molar-refractivity contribution >= 4 is 5.97 Å². The molecule has 0 amide bonds. The highest BCUT2D eigenvalue weighted by molar-refractivity contribution is 5.72. The summed E-state index contributed by atoms with van der Waals surface area (Å²) in [6.07, 6.45) is 6.01. The fraction of sp³-hybridized carbons (Fsp3) is 0.903. The summed E-state index contributed by atoms with van der Waals surface area (Å²) >= 11 is 0. The largest absolute Gasteiger partial charge is 0.460 e. The second kappa shape index (κ2) is 20.0. The fourth-order valence-corrected chi connectivity index (χ4v) is 5.39. The van der Waals surface area contributed by atoms with Gasteiger partial charge < -0.3 is 54.7 Å². The van der Waals surface area contributed by atoms with Crippen LogP contribution in [-0.4, -0.2) is 116 Å². The zero-order valence-corrected chi connectivity index (χ0v) is 25.8. The number of carbonyl (C=O) groups excluding carboxylic acids is 1. The standard InChI is InChI=1S/C31H56O12/c1-3-4-5-6-7-8-9-10-11-12-13-14-15-16-17-21(2)29(39)40-20-31(28(38)25(35)23(19-33)42-31)43-30-27(37)26(36)24(34)22(18-32)41-30/h10-11,21-28,30,32-38H,3-9,12-20H2,1-2H3/t21?,22-,23-,24-,25-,26+,27-,28+,30-,31+/m1/s1. The van der Waals surface area contributed by atoms with Crippen LogP contribution < -0.4 is 0 Å². The molecule has 2 saturated heterocycles. The quantitative estimate of drug-likeness (QED) is 0.0555. The third-order valence-electron chi connectivity index (χ3n) is 8.32. The van der Waals surface area contributed by atoms with Gasteiger partial charge in [0.05, 0.1) is 19.1 Å². The van der Waals surface area contributed by atoms with E-state index in [1.807, 2.05) is 0 Å². The molecule has 1 unspecified atom stereocenters. The Morgan fingerprint density at radius 2 is 1.37 bits per heavy atom. The van der Waals surface area contributed by atoms with Gasteiger partial charge in [0.15, 0.2) is 6.29 Å². The first-order valence-electron chi connectivity index (χ1n) is 16.1. The Balaban J connectivity index is 1.78. The van der Waals surface area contributed by atoms with Crippen molar-refractivity contribution in [2.75, 3.05) is 19.8 Å². The first-order valence-corrected chi connectivity index (χ1v) is 16.1. The van der Waals surface area contributed by atoms with E-state index >= 15 is 0 Å². The molecule has 2 aliphatic rings. The number of carbonyl (C=O) groups is 1. The second-order valence-electron chi connectivity index (χ2n) is 11.9. The molecule has 0 aromatic heterocycles. The number of hydrogen-bond donors (Lipinski definition) is 7. The molecular weight excluding hydrogens is 564 g/mol. The van der Waals surface area contributed by atoms with E-state index in [4.69, 9.17) is 18.9 Å². The molecule has 10 atom stereocenters. The number of aliphatic hydroxyl groups excluding tert-OH is 7. The Bertz CT molecular complexity index is 795. The molecule has 2 rings (SSSR count). The Hall–Kier alpha value is -1.19. The highest BCUT2D eigenvalue weighted by atomic mass is 16.8. The number of ether oxygens (including phenoxy) is 4. The van der Waals surface area contributed by atoms with Gasteiger partial charge in [-0.2, -0.15) is 0 Å². The van der Waals surface area contributed by atoms with Crippen molar-refractivity contribution in [1.29, 1.82) is 0 Å². The van der Waals surface area contributed by atoms with Crippen LogP contribution in [-0.2, 0) is 23.7 Å². The van der Waals surface area contributed by atoms with Gasteiger partial charge in [-0.3, -0.25) is 4.79 Å². The zero-order chi connectivity index (χ0) is 31.8. The molecule has 0 radical (unpaired) electrons. The lowest BCUT2D eigenvalue weighted by Gasteiger charge is -2.43. The van der Waals surface area contributed by atoms with E-state index < -0.39 is 86.5 Å². The number of allylic oxidation sites excluding steroid dienone is 2. The van der Waals surface area contributed by atoms with Crippen LogP contribution in [0.4, 0.5) is 0 Å². The van der Waals surface area contributed by atoms with Crippen molar-refractivity contribution in [2.45, 2.75) is 152 Å². The topological polar surface area (TPSA) is 196 Å². The maximum absolute atomic E-state index is 12.8. The van der Waals surface area contributed by atoms with Crippen molar-refractivity contribution < 1.29 is 59.5 Å². The Labute approximate surface area is 255 Å². The predicted molar refractivity (Wildman–Crippen MR) is 157 cm³/mol. The van der Waals surface area contributed by atoms with Crippen LogP contribution in [0, 0.1) is 5.92 Å². The number of unbranched alkanes of at least 4 members (excludes halogenated alkanes) is 10. The Morgan fingerprint density at radius 1 is 0.791 bits per heavy atom. The SMILES string of the molecule is CCCCCCCCC=CCCCCCCC(C)C(=O)OC[C@@]1(O[C@H]2O[C@H](CO)[C@@H](O)[C@H](O)[C@H]2O)O[C@H](CO)[C@@H](O)[C@@H]1O. The van der Waals surface area contributed by atoms with Crippen molar-refractivity contribution in [1.82, 2.24) is 0 Å². The van der Waals surface area contributed by atoms with Crippen LogP contribution >= 0.6 is 0 Å². The predicted octanol–water partition coefficient (Wildman–Crippen LogP) is 1.44. The van der Waals surface area contributed by atoms with Gasteiger partial charge in [0.1, 0.15) is 49.3 Å². The summed E-state index contributed by atoms with van der Waals surface area (Å²) in [4.78, 5) is 12.8. The molecule has 2 heterocycles. The van der Waals surface area contributed by atoms with Crippen molar-refractivity contribution in [3.8, 4) is 0 Å². The molecule has 12 heteroatoms. The molecule has 0 aliphatic carbocycles. The lowest BCUT2D eigenvalue weighted by Crippen LogP contribution is -2.63. The van der Waals surface area contributed by atoms with Crippen LogP contribution in [0.25, 0.3) is 0 Å². The molecule has 7 N–H and O–H groups in total. The minimum absolute atomic E-state index is 0.473. The summed E-state index contributed by atoms with van der Waals surface area (Å²) in [5.41, 5.74) is 0. The molecular formula is C31H56O12. The normalized spacial score (nSPS) is 33.7. The van der Waals surface area contributed by atoms with Gasteiger partial charge in [-0.05, 0) is 32.1 Å². The number of rotatable bonds is 21. The average Bonchev–Trinajstić information content (AvgIpc) is 3.24. The fourth-order valence-electron chi connectivity index (χ4n) is 5.39. The van der Waals surface area contributed by atoms with E-state index in [0.29, 0.717) is 6.42 Å². The molecule has 0 aromatic carbocycles. The summed E-state index contributed by atoms with van der Waals surface area (Å²) in [6, 6.07) is 0. The third-order valence-corrected chi connectivity index (χ3v) is 8.32. The summed E-state index contributed by atoms with van der Waals surface area (Å²) in [7, 11) is 0. The monoisotopic (exact) mass is 620 g/mol. The van der Waals surface area contributed by atoms with Crippen LogP contribution in [0.15, 0.2) is 12.2 Å². The van der Waals surface area contributed by atoms with Gasteiger partial charge in [-0.25, -0.2) is 0 Å². The lowest BCUT2D eigenvalue weighted by atomic mass is 9.99. The molecule has 12 nitrogen and oxygen atoms in total. The summed E-state index contributed by atoms with van der Waals surface area (Å²) < 4.78 is 22.0. The second-order valence-corrected chi connectivity index (χ2v) is 11.9. The average molecular weight is 621 g/mol. The van der Waals surface area contributed by atoms with Gasteiger partial charge in [0.2, 0.25) is 5.79 Å². The Morgan fingerprint density at radius 3 is 1.95 bits per heavy atom. The minimum atomic E-state index is -2.27. The van der Waals surface area contributed by atoms with E-state index in [1.165, 1.54) is 38.5 Å². The molecule has 0 bridgehead atoms. The number of hydrogen-bond acceptors (Lipinski definition) is 12. The van der Waals surface area contributed by atoms with Crippen LogP contribution in [0.2, 0.25) is 0 Å². The highest BCUT2D eigenvalue weighted by Gasteiger charge is 2.59. The molecule has 2 aliphatic heterocycles. The smallest absolute Gasteiger partial charge is 0.308 e. The van der Waals surface area contributed by atoms with Gasteiger partial charge in [0.25, 0.3) is 0 Å².